The van der Waals surface area contributed by atoms with Crippen LogP contribution in [0.25, 0.3) is 0 Å². The number of rotatable bonds is 74. The Hall–Kier alpha value is -5.06. The van der Waals surface area contributed by atoms with Crippen LogP contribution in [0, 0.1) is 0 Å². The molecule has 0 fully saturated rings. The number of phosphoric ester groups is 2. The van der Waals surface area contributed by atoms with Gasteiger partial charge >= 0.3 is 39.5 Å². The maximum atomic E-state index is 13.1. The van der Waals surface area contributed by atoms with Crippen molar-refractivity contribution < 1.29 is 80.2 Å². The van der Waals surface area contributed by atoms with Gasteiger partial charge in [0.25, 0.3) is 0 Å². The smallest absolute Gasteiger partial charge is 0.462 e. The average Bonchev–Trinajstić information content (AvgIpc) is 0.937. The third-order valence-corrected chi connectivity index (χ3v) is 18.2. The molecule has 5 atom stereocenters. The second kappa shape index (κ2) is 76.1. The molecule has 0 saturated heterocycles. The number of aliphatic hydroxyl groups excluding tert-OH is 1. The van der Waals surface area contributed by atoms with E-state index in [1.165, 1.54) is 19.3 Å². The van der Waals surface area contributed by atoms with Crippen molar-refractivity contribution >= 4 is 39.5 Å². The van der Waals surface area contributed by atoms with E-state index >= 15 is 0 Å². The van der Waals surface area contributed by atoms with Crippen LogP contribution in [0.15, 0.2) is 146 Å². The molecule has 0 aliphatic rings. The predicted octanol–water partition coefficient (Wildman–Crippen LogP) is 23.4. The zero-order valence-electron chi connectivity index (χ0n) is 64.9. The van der Waals surface area contributed by atoms with Gasteiger partial charge in [-0.05, 0) is 161 Å². The number of carbonyl (C=O) groups excluding carboxylic acids is 4. The van der Waals surface area contributed by atoms with E-state index in [0.29, 0.717) is 25.7 Å². The molecule has 594 valence electrons. The van der Waals surface area contributed by atoms with Gasteiger partial charge in [0.1, 0.15) is 19.3 Å². The highest BCUT2D eigenvalue weighted by Crippen LogP contribution is 2.45. The highest BCUT2D eigenvalue weighted by Gasteiger charge is 2.30. The predicted molar refractivity (Wildman–Crippen MR) is 427 cm³/mol. The maximum absolute atomic E-state index is 13.1. The van der Waals surface area contributed by atoms with Crippen molar-refractivity contribution in [2.45, 2.75) is 329 Å². The summed E-state index contributed by atoms with van der Waals surface area (Å²) in [4.78, 5) is 73.1. The van der Waals surface area contributed by atoms with Crippen LogP contribution in [0.5, 0.6) is 0 Å². The molecule has 0 radical (unpaired) electrons. The van der Waals surface area contributed by atoms with E-state index in [2.05, 4.69) is 174 Å². The fraction of sp³-hybridized carbons (Fsp3) is 0.671. The summed E-state index contributed by atoms with van der Waals surface area (Å²) in [7, 11) is -9.98. The van der Waals surface area contributed by atoms with Crippen LogP contribution in [-0.2, 0) is 65.4 Å². The molecule has 5 unspecified atom stereocenters. The number of unbranched alkanes of at least 4 members (excludes halogenated alkanes) is 24. The fourth-order valence-corrected chi connectivity index (χ4v) is 11.8. The van der Waals surface area contributed by atoms with Crippen LogP contribution in [0.3, 0.4) is 0 Å². The van der Waals surface area contributed by atoms with Crippen LogP contribution in [0.1, 0.15) is 310 Å². The molecule has 0 aliphatic heterocycles. The monoisotopic (exact) mass is 1500 g/mol. The standard InChI is InChI=1S/C85H142O17P2/c1-5-9-13-17-21-25-29-33-37-39-43-45-49-53-57-61-65-69-82(87)95-75-80(101-84(89)71-67-63-59-55-51-47-41-35-31-27-23-19-15-11-7-3)77-99-103(91,92)97-73-79(86)74-98-104(93,94)100-78-81(102-85(90)72-68-64-60-56-52-48-42-36-32-28-24-20-16-12-8-4)76-96-83(88)70-66-62-58-54-50-46-44-40-38-34-30-26-22-18-14-10-6-2/h9-11,13-15,21-28,33-38,41-43,45,79-81,86H,5-8,12,16-20,29-32,39-40,44,46-78H2,1-4H3,(H,91,92)(H,93,94)/b13-9-,14-10-,15-11-,25-21-,26-22-,27-23-,28-24-,37-33-,38-34-,41-35-,42-36-,45-43-. The topological polar surface area (TPSA) is 237 Å². The summed E-state index contributed by atoms with van der Waals surface area (Å²) in [6.45, 7) is 4.45. The Morgan fingerprint density at radius 1 is 0.279 bits per heavy atom. The number of allylic oxidation sites excluding steroid dienone is 24. The van der Waals surface area contributed by atoms with E-state index in [9.17, 15) is 43.2 Å². The van der Waals surface area contributed by atoms with Crippen molar-refractivity contribution in [3.8, 4) is 0 Å². The van der Waals surface area contributed by atoms with E-state index in [0.717, 1.165) is 212 Å². The quantitative estimate of drug-likeness (QED) is 0.0169. The van der Waals surface area contributed by atoms with E-state index < -0.39 is 97.5 Å². The number of esters is 4. The van der Waals surface area contributed by atoms with Crippen molar-refractivity contribution in [2.24, 2.45) is 0 Å². The number of ether oxygens (including phenoxy) is 4. The lowest BCUT2D eigenvalue weighted by Gasteiger charge is -2.21. The lowest BCUT2D eigenvalue weighted by molar-refractivity contribution is -0.161. The summed E-state index contributed by atoms with van der Waals surface area (Å²) in [5.74, 6) is -2.25. The molecule has 3 N–H and O–H groups in total. The second-order valence-corrected chi connectivity index (χ2v) is 29.1. The van der Waals surface area contributed by atoms with Gasteiger partial charge < -0.3 is 33.8 Å². The minimum Gasteiger partial charge on any atom is -0.462 e. The Morgan fingerprint density at radius 3 is 0.769 bits per heavy atom. The molecule has 19 heteroatoms. The Bertz CT molecular complexity index is 2540. The molecule has 0 heterocycles. The van der Waals surface area contributed by atoms with Crippen molar-refractivity contribution in [3.05, 3.63) is 146 Å². The number of hydrogen-bond acceptors (Lipinski definition) is 15. The third kappa shape index (κ3) is 75.2. The summed E-state index contributed by atoms with van der Waals surface area (Å²) in [5, 5.41) is 10.6. The van der Waals surface area contributed by atoms with Gasteiger partial charge in [-0.2, -0.15) is 0 Å². The third-order valence-electron chi connectivity index (χ3n) is 16.3. The van der Waals surface area contributed by atoms with Crippen molar-refractivity contribution in [3.63, 3.8) is 0 Å². The summed E-state index contributed by atoms with van der Waals surface area (Å²) in [6.07, 6.45) is 86.7. The summed E-state index contributed by atoms with van der Waals surface area (Å²) in [6, 6.07) is 0. The SMILES string of the molecule is CC/C=C\C/C=C\C/C=C\C/C=C\CCCCCCC(=O)OCC(COP(=O)(O)OCC(O)COP(=O)(O)OCC(COC(=O)CCCCCCCCC/C=C\C/C=C\C/C=C\CC)OC(=O)CCCCCCC/C=C\C/C=C\CCCCC)OC(=O)CCCCCCC/C=C\C/C=C\C/C=C\CC. The van der Waals surface area contributed by atoms with Crippen LogP contribution in [0.4, 0.5) is 0 Å². The second-order valence-electron chi connectivity index (χ2n) is 26.2. The number of phosphoric acid groups is 2. The molecule has 0 aromatic carbocycles. The van der Waals surface area contributed by atoms with Crippen LogP contribution in [-0.4, -0.2) is 96.7 Å². The molecular formula is C85H142O17P2. The number of carbonyl (C=O) groups is 4. The van der Waals surface area contributed by atoms with E-state index in [4.69, 9.17) is 37.0 Å². The summed E-state index contributed by atoms with van der Waals surface area (Å²) in [5.41, 5.74) is 0. The molecule has 0 amide bonds. The maximum Gasteiger partial charge on any atom is 0.472 e. The highest BCUT2D eigenvalue weighted by molar-refractivity contribution is 7.47. The van der Waals surface area contributed by atoms with Gasteiger partial charge in [-0.3, -0.25) is 37.3 Å². The summed E-state index contributed by atoms with van der Waals surface area (Å²) < 4.78 is 68.6. The van der Waals surface area contributed by atoms with Gasteiger partial charge in [-0.15, -0.1) is 0 Å². The van der Waals surface area contributed by atoms with Gasteiger partial charge in [0.15, 0.2) is 12.2 Å². The van der Waals surface area contributed by atoms with Crippen molar-refractivity contribution in [1.29, 1.82) is 0 Å². The molecular weight excluding hydrogens is 1350 g/mol. The van der Waals surface area contributed by atoms with E-state index in [-0.39, 0.29) is 25.7 Å². The van der Waals surface area contributed by atoms with Crippen LogP contribution in [0.2, 0.25) is 0 Å². The minimum atomic E-state index is -4.99. The van der Waals surface area contributed by atoms with Gasteiger partial charge in [0.05, 0.1) is 26.4 Å². The molecule has 17 nitrogen and oxygen atoms in total. The minimum absolute atomic E-state index is 0.0654. The first kappa shape index (κ1) is 98.9. The Balaban J connectivity index is 5.42. The normalized spacial score (nSPS) is 14.6. The molecule has 0 aromatic heterocycles. The van der Waals surface area contributed by atoms with Gasteiger partial charge in [-0.25, -0.2) is 9.13 Å². The molecule has 0 bridgehead atoms. The molecule has 104 heavy (non-hydrogen) atoms. The molecule has 0 aliphatic carbocycles. The van der Waals surface area contributed by atoms with Crippen molar-refractivity contribution in [2.75, 3.05) is 39.6 Å². The summed E-state index contributed by atoms with van der Waals surface area (Å²) >= 11 is 0. The Morgan fingerprint density at radius 2 is 0.500 bits per heavy atom. The zero-order chi connectivity index (χ0) is 76.0. The Labute approximate surface area is 630 Å². The Kier molecular flexibility index (Phi) is 72.4. The molecule has 0 aromatic rings. The first-order valence-electron chi connectivity index (χ1n) is 40.1. The fourth-order valence-electron chi connectivity index (χ4n) is 10.3. The average molecular weight is 1500 g/mol. The van der Waals surface area contributed by atoms with Crippen LogP contribution >= 0.6 is 15.6 Å². The molecule has 0 spiro atoms. The lowest BCUT2D eigenvalue weighted by Crippen LogP contribution is -2.30. The lowest BCUT2D eigenvalue weighted by atomic mass is 10.1. The molecule has 0 rings (SSSR count). The van der Waals surface area contributed by atoms with Gasteiger partial charge in [0.2, 0.25) is 0 Å². The first-order valence-corrected chi connectivity index (χ1v) is 43.1. The largest absolute Gasteiger partial charge is 0.472 e. The highest BCUT2D eigenvalue weighted by atomic mass is 31.2. The van der Waals surface area contributed by atoms with E-state index in [1.54, 1.807) is 0 Å². The number of hydrogen-bond donors (Lipinski definition) is 3. The first-order chi connectivity index (χ1) is 50.7. The molecule has 0 saturated carbocycles. The van der Waals surface area contributed by atoms with Gasteiger partial charge in [0, 0.05) is 25.7 Å². The zero-order valence-corrected chi connectivity index (χ0v) is 66.7. The van der Waals surface area contributed by atoms with E-state index in [1.807, 2.05) is 0 Å². The number of aliphatic hydroxyl groups is 1. The van der Waals surface area contributed by atoms with Crippen molar-refractivity contribution in [1.82, 2.24) is 0 Å². The van der Waals surface area contributed by atoms with Gasteiger partial charge in [-0.1, -0.05) is 270 Å². The van der Waals surface area contributed by atoms with Crippen LogP contribution < -0.4 is 0 Å².